The van der Waals surface area contributed by atoms with E-state index in [2.05, 4.69) is 20.8 Å². The van der Waals surface area contributed by atoms with E-state index in [-0.39, 0.29) is 27.9 Å². The number of rotatable bonds is 6. The predicted octanol–water partition coefficient (Wildman–Crippen LogP) is 4.74. The smallest absolute Gasteiger partial charge is 0.265 e. The van der Waals surface area contributed by atoms with Crippen molar-refractivity contribution in [2.75, 3.05) is 10.8 Å². The average Bonchev–Trinajstić information content (AvgIpc) is 3.44. The topological polar surface area (TPSA) is 57.7 Å². The van der Waals surface area contributed by atoms with Crippen molar-refractivity contribution in [2.24, 2.45) is 5.92 Å². The summed E-state index contributed by atoms with van der Waals surface area (Å²) in [6.07, 6.45) is 2.64. The molecule has 2 aliphatic rings. The maximum atomic E-state index is 13.5. The molecule has 7 heteroatoms. The minimum absolute atomic E-state index is 0.0142. The van der Waals surface area contributed by atoms with E-state index in [1.165, 1.54) is 16.4 Å². The summed E-state index contributed by atoms with van der Waals surface area (Å²) in [6.45, 7) is 6.61. The lowest BCUT2D eigenvalue weighted by Crippen LogP contribution is -2.43. The van der Waals surface area contributed by atoms with Gasteiger partial charge in [-0.05, 0) is 61.9 Å². The molecule has 0 radical (unpaired) electrons. The number of carbonyl (C=O) groups is 1. The Kier molecular flexibility index (Phi) is 5.58. The van der Waals surface area contributed by atoms with E-state index in [1.54, 1.807) is 6.07 Å². The third kappa shape index (κ3) is 3.71. The molecular weight excluding hydrogens is 420 g/mol. The van der Waals surface area contributed by atoms with Crippen LogP contribution in [0.5, 0.6) is 0 Å². The maximum absolute atomic E-state index is 13.5. The van der Waals surface area contributed by atoms with Gasteiger partial charge < -0.3 is 4.90 Å². The van der Waals surface area contributed by atoms with Crippen LogP contribution in [0.2, 0.25) is 5.02 Å². The highest BCUT2D eigenvalue weighted by Crippen LogP contribution is 2.36. The summed E-state index contributed by atoms with van der Waals surface area (Å²) in [6, 6.07) is 12.4. The number of halogens is 1. The third-order valence-electron chi connectivity index (χ3n) is 6.17. The van der Waals surface area contributed by atoms with Crippen molar-refractivity contribution < 1.29 is 13.2 Å². The molecule has 160 valence electrons. The zero-order chi connectivity index (χ0) is 21.6. The standard InChI is InChI=1S/C23H27ClN2O3S/c1-15(2)16(3)26(19-9-10-19)23(27)18-8-11-20(24)22(14-18)30(28,29)25-13-12-17-6-4-5-7-21(17)25/h4-8,11,14-16,19H,9-10,12-13H2,1-3H3/t16-/m1/s1. The summed E-state index contributed by atoms with van der Waals surface area (Å²) >= 11 is 6.33. The minimum Gasteiger partial charge on any atom is -0.333 e. The molecule has 0 spiro atoms. The van der Waals surface area contributed by atoms with Gasteiger partial charge in [0.1, 0.15) is 4.90 Å². The van der Waals surface area contributed by atoms with Crippen molar-refractivity contribution in [2.45, 2.75) is 57.0 Å². The first-order valence-corrected chi connectivity index (χ1v) is 12.3. The fourth-order valence-electron chi connectivity index (χ4n) is 4.02. The van der Waals surface area contributed by atoms with Crippen LogP contribution >= 0.6 is 11.6 Å². The Hall–Kier alpha value is -2.05. The van der Waals surface area contributed by atoms with Crippen LogP contribution < -0.4 is 4.31 Å². The summed E-state index contributed by atoms with van der Waals surface area (Å²) in [5.41, 5.74) is 2.04. The van der Waals surface area contributed by atoms with Gasteiger partial charge in [0.15, 0.2) is 0 Å². The molecule has 2 aromatic rings. The first kappa shape index (κ1) is 21.2. The fraction of sp³-hybridized carbons (Fsp3) is 0.435. The number of carbonyl (C=O) groups excluding carboxylic acids is 1. The normalized spacial score (nSPS) is 17.2. The van der Waals surface area contributed by atoms with Gasteiger partial charge in [-0.2, -0.15) is 0 Å². The fourth-order valence-corrected chi connectivity index (χ4v) is 6.02. The van der Waals surface area contributed by atoms with Crippen LogP contribution in [0.1, 0.15) is 49.5 Å². The second-order valence-corrected chi connectivity index (χ2v) is 10.8. The molecule has 0 N–H and O–H groups in total. The van der Waals surface area contributed by atoms with Crippen molar-refractivity contribution in [3.63, 3.8) is 0 Å². The van der Waals surface area contributed by atoms with Gasteiger partial charge in [0, 0.05) is 24.2 Å². The molecule has 0 unspecified atom stereocenters. The van der Waals surface area contributed by atoms with Crippen molar-refractivity contribution >= 4 is 33.2 Å². The number of hydrogen-bond acceptors (Lipinski definition) is 3. The molecule has 30 heavy (non-hydrogen) atoms. The van der Waals surface area contributed by atoms with Gasteiger partial charge in [0.05, 0.1) is 10.7 Å². The lowest BCUT2D eigenvalue weighted by Gasteiger charge is -2.32. The first-order chi connectivity index (χ1) is 14.2. The molecular formula is C23H27ClN2O3S. The molecule has 1 amide bonds. The van der Waals surface area contributed by atoms with Crippen LogP contribution in [0.25, 0.3) is 0 Å². The molecule has 4 rings (SSSR count). The zero-order valence-corrected chi connectivity index (χ0v) is 19.1. The summed E-state index contributed by atoms with van der Waals surface area (Å²) in [7, 11) is -3.88. The molecule has 0 aromatic heterocycles. The number of sulfonamides is 1. The van der Waals surface area contributed by atoms with Gasteiger partial charge in [0.25, 0.3) is 15.9 Å². The molecule has 1 saturated carbocycles. The number of para-hydroxylation sites is 1. The highest BCUT2D eigenvalue weighted by atomic mass is 35.5. The molecule has 1 aliphatic heterocycles. The highest BCUT2D eigenvalue weighted by Gasteiger charge is 2.38. The van der Waals surface area contributed by atoms with Crippen LogP contribution in [0.15, 0.2) is 47.4 Å². The molecule has 1 atom stereocenters. The Balaban J connectivity index is 1.71. The largest absolute Gasteiger partial charge is 0.333 e. The van der Waals surface area contributed by atoms with E-state index in [0.717, 1.165) is 18.4 Å². The monoisotopic (exact) mass is 446 g/mol. The lowest BCUT2D eigenvalue weighted by molar-refractivity contribution is 0.0627. The van der Waals surface area contributed by atoms with Crippen molar-refractivity contribution in [3.05, 3.63) is 58.6 Å². The van der Waals surface area contributed by atoms with Crippen LogP contribution in [-0.4, -0.2) is 37.9 Å². The zero-order valence-electron chi connectivity index (χ0n) is 17.5. The molecule has 5 nitrogen and oxygen atoms in total. The third-order valence-corrected chi connectivity index (χ3v) is 8.46. The Bertz CT molecular complexity index is 1080. The average molecular weight is 447 g/mol. The second kappa shape index (κ2) is 7.89. The molecule has 2 aromatic carbocycles. The number of fused-ring (bicyclic) bond motifs is 1. The Morgan fingerprint density at radius 3 is 2.50 bits per heavy atom. The van der Waals surface area contributed by atoms with Crippen molar-refractivity contribution in [1.82, 2.24) is 4.90 Å². The van der Waals surface area contributed by atoms with Crippen LogP contribution in [0.3, 0.4) is 0 Å². The number of benzene rings is 2. The minimum atomic E-state index is -3.88. The van der Waals surface area contributed by atoms with Gasteiger partial charge in [-0.3, -0.25) is 9.10 Å². The number of anilines is 1. The van der Waals surface area contributed by atoms with Gasteiger partial charge >= 0.3 is 0 Å². The van der Waals surface area contributed by atoms with Gasteiger partial charge in [-0.15, -0.1) is 0 Å². The van der Waals surface area contributed by atoms with Crippen molar-refractivity contribution in [3.8, 4) is 0 Å². The molecule has 0 saturated heterocycles. The highest BCUT2D eigenvalue weighted by molar-refractivity contribution is 7.93. The van der Waals surface area contributed by atoms with Crippen LogP contribution in [0.4, 0.5) is 5.69 Å². The molecule has 1 aliphatic carbocycles. The van der Waals surface area contributed by atoms with Crippen LogP contribution in [0, 0.1) is 5.92 Å². The van der Waals surface area contributed by atoms with E-state index in [1.807, 2.05) is 29.2 Å². The van der Waals surface area contributed by atoms with Gasteiger partial charge in [0.2, 0.25) is 0 Å². The summed E-state index contributed by atoms with van der Waals surface area (Å²) in [5.74, 6) is 0.180. The summed E-state index contributed by atoms with van der Waals surface area (Å²) in [5, 5.41) is 0.130. The van der Waals surface area contributed by atoms with Gasteiger partial charge in [-0.25, -0.2) is 8.42 Å². The first-order valence-electron chi connectivity index (χ1n) is 10.4. The molecule has 1 fully saturated rings. The number of nitrogens with zero attached hydrogens (tertiary/aromatic N) is 2. The predicted molar refractivity (Wildman–Crippen MR) is 120 cm³/mol. The van der Waals surface area contributed by atoms with E-state index >= 15 is 0 Å². The lowest BCUT2D eigenvalue weighted by atomic mass is 10.0. The van der Waals surface area contributed by atoms with E-state index in [9.17, 15) is 13.2 Å². The Labute approximate surface area is 183 Å². The molecule has 0 bridgehead atoms. The number of amides is 1. The van der Waals surface area contributed by atoms with E-state index in [4.69, 9.17) is 11.6 Å². The number of hydrogen-bond donors (Lipinski definition) is 0. The van der Waals surface area contributed by atoms with E-state index in [0.29, 0.717) is 30.1 Å². The summed E-state index contributed by atoms with van der Waals surface area (Å²) in [4.78, 5) is 15.3. The molecule has 1 heterocycles. The van der Waals surface area contributed by atoms with Crippen LogP contribution in [-0.2, 0) is 16.4 Å². The SMILES string of the molecule is CC(C)[C@@H](C)N(C(=O)c1ccc(Cl)c(S(=O)(=O)N2CCc3ccccc32)c1)C1CC1. The Morgan fingerprint density at radius 1 is 1.13 bits per heavy atom. The van der Waals surface area contributed by atoms with E-state index < -0.39 is 10.0 Å². The quantitative estimate of drug-likeness (QED) is 0.643. The Morgan fingerprint density at radius 2 is 1.83 bits per heavy atom. The van der Waals surface area contributed by atoms with Crippen molar-refractivity contribution in [1.29, 1.82) is 0 Å². The summed E-state index contributed by atoms with van der Waals surface area (Å²) < 4.78 is 28.3. The maximum Gasteiger partial charge on any atom is 0.265 e. The second-order valence-electron chi connectivity index (χ2n) is 8.53. The van der Waals surface area contributed by atoms with Gasteiger partial charge in [-0.1, -0.05) is 43.6 Å².